The van der Waals surface area contributed by atoms with E-state index in [0.717, 1.165) is 37.8 Å². The number of hydrogen-bond donors (Lipinski definition) is 1. The van der Waals surface area contributed by atoms with Gasteiger partial charge in [0, 0.05) is 25.3 Å². The highest BCUT2D eigenvalue weighted by Crippen LogP contribution is 2.28. The average molecular weight is 289 g/mol. The molecule has 3 nitrogen and oxygen atoms in total. The van der Waals surface area contributed by atoms with Crippen molar-refractivity contribution in [1.29, 1.82) is 0 Å². The summed E-state index contributed by atoms with van der Waals surface area (Å²) in [5.74, 6) is 2.83. The zero-order valence-corrected chi connectivity index (χ0v) is 13.9. The van der Waals surface area contributed by atoms with Crippen LogP contribution in [0.15, 0.2) is 18.3 Å². The van der Waals surface area contributed by atoms with E-state index in [0.29, 0.717) is 0 Å². The Balaban J connectivity index is 2.10. The second-order valence-electron chi connectivity index (χ2n) is 6.78. The predicted octanol–water partition coefficient (Wildman–Crippen LogP) is 3.62. The lowest BCUT2D eigenvalue weighted by atomic mass is 9.89. The van der Waals surface area contributed by atoms with Crippen molar-refractivity contribution in [3.05, 3.63) is 23.9 Å². The standard InChI is InChI=1S/C18H31N3/c1-4-17(19)13-16-7-5-10-20-18(16)21-11-6-8-15(9-12-21)14(2)3/h5,7,10,14-15,17H,4,6,8-9,11-13,19H2,1-3H3. The Kier molecular flexibility index (Phi) is 6.04. The zero-order valence-electron chi connectivity index (χ0n) is 13.9. The Morgan fingerprint density at radius 1 is 1.33 bits per heavy atom. The molecule has 0 spiro atoms. The molecule has 2 unspecified atom stereocenters. The molecule has 1 fully saturated rings. The zero-order chi connectivity index (χ0) is 15.2. The number of rotatable bonds is 5. The molecule has 0 aromatic carbocycles. The molecule has 1 aliphatic rings. The Labute approximate surface area is 129 Å². The summed E-state index contributed by atoms with van der Waals surface area (Å²) in [5.41, 5.74) is 7.46. The van der Waals surface area contributed by atoms with Crippen LogP contribution in [-0.4, -0.2) is 24.1 Å². The lowest BCUT2D eigenvalue weighted by Crippen LogP contribution is -2.28. The molecule has 21 heavy (non-hydrogen) atoms. The van der Waals surface area contributed by atoms with Crippen molar-refractivity contribution in [3.8, 4) is 0 Å². The molecule has 2 N–H and O–H groups in total. The summed E-state index contributed by atoms with van der Waals surface area (Å²) < 4.78 is 0. The normalized spacial score (nSPS) is 21.4. The van der Waals surface area contributed by atoms with Crippen molar-refractivity contribution in [1.82, 2.24) is 4.98 Å². The first-order chi connectivity index (χ1) is 10.1. The van der Waals surface area contributed by atoms with Crippen LogP contribution in [0.1, 0.15) is 52.0 Å². The van der Waals surface area contributed by atoms with Crippen molar-refractivity contribution < 1.29 is 0 Å². The van der Waals surface area contributed by atoms with Gasteiger partial charge in [0.25, 0.3) is 0 Å². The SMILES string of the molecule is CCC(N)Cc1cccnc1N1CCCC(C(C)C)CC1. The van der Waals surface area contributed by atoms with Gasteiger partial charge < -0.3 is 10.6 Å². The highest BCUT2D eigenvalue weighted by molar-refractivity contribution is 5.47. The number of anilines is 1. The van der Waals surface area contributed by atoms with Gasteiger partial charge in [-0.25, -0.2) is 4.98 Å². The molecule has 0 amide bonds. The molecule has 1 aliphatic heterocycles. The van der Waals surface area contributed by atoms with E-state index in [2.05, 4.69) is 36.7 Å². The van der Waals surface area contributed by atoms with Gasteiger partial charge in [0.1, 0.15) is 5.82 Å². The van der Waals surface area contributed by atoms with Crippen LogP contribution < -0.4 is 10.6 Å². The minimum atomic E-state index is 0.239. The minimum Gasteiger partial charge on any atom is -0.356 e. The lowest BCUT2D eigenvalue weighted by molar-refractivity contribution is 0.351. The molecular weight excluding hydrogens is 258 g/mol. The van der Waals surface area contributed by atoms with Crippen LogP contribution in [0.25, 0.3) is 0 Å². The third-order valence-electron chi connectivity index (χ3n) is 4.89. The van der Waals surface area contributed by atoms with Crippen LogP contribution in [0, 0.1) is 11.8 Å². The van der Waals surface area contributed by atoms with E-state index in [1.165, 1.54) is 30.6 Å². The fourth-order valence-corrected chi connectivity index (χ4v) is 3.30. The monoisotopic (exact) mass is 289 g/mol. The molecule has 1 saturated heterocycles. The molecule has 2 rings (SSSR count). The molecule has 2 heterocycles. The Hall–Kier alpha value is -1.09. The molecule has 0 radical (unpaired) electrons. The van der Waals surface area contributed by atoms with E-state index in [4.69, 9.17) is 5.73 Å². The molecule has 0 bridgehead atoms. The maximum Gasteiger partial charge on any atom is 0.131 e. The van der Waals surface area contributed by atoms with Crippen LogP contribution in [0.4, 0.5) is 5.82 Å². The van der Waals surface area contributed by atoms with Crippen molar-refractivity contribution >= 4 is 5.82 Å². The van der Waals surface area contributed by atoms with Gasteiger partial charge in [0.15, 0.2) is 0 Å². The third-order valence-corrected chi connectivity index (χ3v) is 4.89. The van der Waals surface area contributed by atoms with Crippen molar-refractivity contribution in [2.75, 3.05) is 18.0 Å². The van der Waals surface area contributed by atoms with Gasteiger partial charge in [-0.15, -0.1) is 0 Å². The third kappa shape index (κ3) is 4.44. The molecular formula is C18H31N3. The fourth-order valence-electron chi connectivity index (χ4n) is 3.30. The van der Waals surface area contributed by atoms with Crippen LogP contribution in [0.2, 0.25) is 0 Å². The average Bonchev–Trinajstić information content (AvgIpc) is 2.73. The van der Waals surface area contributed by atoms with Crippen molar-refractivity contribution in [3.63, 3.8) is 0 Å². The second kappa shape index (κ2) is 7.79. The maximum absolute atomic E-state index is 6.15. The Morgan fingerprint density at radius 3 is 2.86 bits per heavy atom. The number of nitrogens with zero attached hydrogens (tertiary/aromatic N) is 2. The summed E-state index contributed by atoms with van der Waals surface area (Å²) in [7, 11) is 0. The first-order valence-electron chi connectivity index (χ1n) is 8.56. The molecule has 1 aromatic heterocycles. The van der Waals surface area contributed by atoms with E-state index < -0.39 is 0 Å². The number of pyridine rings is 1. The topological polar surface area (TPSA) is 42.1 Å². The number of hydrogen-bond acceptors (Lipinski definition) is 3. The molecule has 3 heteroatoms. The highest BCUT2D eigenvalue weighted by Gasteiger charge is 2.21. The van der Waals surface area contributed by atoms with E-state index in [9.17, 15) is 0 Å². The quantitative estimate of drug-likeness (QED) is 0.900. The largest absolute Gasteiger partial charge is 0.356 e. The second-order valence-corrected chi connectivity index (χ2v) is 6.78. The molecule has 118 valence electrons. The van der Waals surface area contributed by atoms with Crippen molar-refractivity contribution in [2.24, 2.45) is 17.6 Å². The van der Waals surface area contributed by atoms with E-state index in [1.807, 2.05) is 12.3 Å². The van der Waals surface area contributed by atoms with E-state index >= 15 is 0 Å². The predicted molar refractivity (Wildman–Crippen MR) is 90.6 cm³/mol. The number of aromatic nitrogens is 1. The maximum atomic E-state index is 6.15. The lowest BCUT2D eigenvalue weighted by Gasteiger charge is -2.25. The van der Waals surface area contributed by atoms with E-state index in [1.54, 1.807) is 0 Å². The summed E-state index contributed by atoms with van der Waals surface area (Å²) in [6.07, 6.45) is 7.78. The summed E-state index contributed by atoms with van der Waals surface area (Å²) in [6.45, 7) is 9.13. The summed E-state index contributed by atoms with van der Waals surface area (Å²) >= 11 is 0. The van der Waals surface area contributed by atoms with Gasteiger partial charge >= 0.3 is 0 Å². The fraction of sp³-hybridized carbons (Fsp3) is 0.722. The van der Waals surface area contributed by atoms with E-state index in [-0.39, 0.29) is 6.04 Å². The molecule has 2 atom stereocenters. The van der Waals surface area contributed by atoms with Crippen LogP contribution in [0.3, 0.4) is 0 Å². The summed E-state index contributed by atoms with van der Waals surface area (Å²) in [5, 5.41) is 0. The molecule has 0 saturated carbocycles. The van der Waals surface area contributed by atoms with Crippen LogP contribution in [0.5, 0.6) is 0 Å². The van der Waals surface area contributed by atoms with Gasteiger partial charge in [-0.1, -0.05) is 26.8 Å². The summed E-state index contributed by atoms with van der Waals surface area (Å²) in [6, 6.07) is 4.47. The van der Waals surface area contributed by atoms with Gasteiger partial charge in [-0.3, -0.25) is 0 Å². The smallest absolute Gasteiger partial charge is 0.131 e. The Bertz CT molecular complexity index is 430. The summed E-state index contributed by atoms with van der Waals surface area (Å²) in [4.78, 5) is 7.16. The first kappa shape index (κ1) is 16.3. The van der Waals surface area contributed by atoms with Crippen LogP contribution in [-0.2, 0) is 6.42 Å². The number of nitrogens with two attached hydrogens (primary N) is 1. The highest BCUT2D eigenvalue weighted by atomic mass is 15.2. The van der Waals surface area contributed by atoms with Gasteiger partial charge in [0.05, 0.1) is 0 Å². The minimum absolute atomic E-state index is 0.239. The van der Waals surface area contributed by atoms with Gasteiger partial charge in [-0.2, -0.15) is 0 Å². The van der Waals surface area contributed by atoms with Gasteiger partial charge in [-0.05, 0) is 55.6 Å². The first-order valence-corrected chi connectivity index (χ1v) is 8.56. The van der Waals surface area contributed by atoms with Crippen molar-refractivity contribution in [2.45, 2.75) is 58.9 Å². The molecule has 1 aromatic rings. The van der Waals surface area contributed by atoms with Crippen LogP contribution >= 0.6 is 0 Å². The Morgan fingerprint density at radius 2 is 2.14 bits per heavy atom. The van der Waals surface area contributed by atoms with Gasteiger partial charge in [0.2, 0.25) is 0 Å². The molecule has 0 aliphatic carbocycles.